The summed E-state index contributed by atoms with van der Waals surface area (Å²) in [5, 5.41) is 17.3. The summed E-state index contributed by atoms with van der Waals surface area (Å²) in [6, 6.07) is 21.2. The molecule has 36 heavy (non-hydrogen) atoms. The Balaban J connectivity index is 1.87. The number of nitrogens with zero attached hydrogens (tertiary/aromatic N) is 2. The molecule has 0 aliphatic heterocycles. The third-order valence-corrected chi connectivity index (χ3v) is 9.65. The number of nitrogens with one attached hydrogen (secondary N) is 2. The van der Waals surface area contributed by atoms with Gasteiger partial charge in [0.25, 0.3) is 0 Å². The van der Waals surface area contributed by atoms with E-state index in [1.165, 1.54) is 11.1 Å². The van der Waals surface area contributed by atoms with Gasteiger partial charge in [0.15, 0.2) is 0 Å². The molecule has 0 fully saturated rings. The molecule has 0 heterocycles. The maximum absolute atomic E-state index is 10.8. The zero-order valence-electron chi connectivity index (χ0n) is 22.4. The zero-order chi connectivity index (χ0) is 25.8. The quantitative estimate of drug-likeness (QED) is 0.0737. The molecule has 204 valence electrons. The van der Waals surface area contributed by atoms with Crippen LogP contribution in [-0.2, 0) is 13.1 Å². The van der Waals surface area contributed by atoms with Crippen LogP contribution >= 0.6 is 20.2 Å². The van der Waals surface area contributed by atoms with Crippen LogP contribution in [0.1, 0.15) is 44.2 Å². The molecule has 0 unspecified atom stereocenters. The molecule has 0 spiro atoms. The Morgan fingerprint density at radius 2 is 1.31 bits per heavy atom. The molecule has 7 heteroatoms. The minimum atomic E-state index is -1.96. The molecular weight excluding hydrogens is 563 g/mol. The van der Waals surface area contributed by atoms with Crippen molar-refractivity contribution in [2.24, 2.45) is 0 Å². The molecule has 0 aliphatic rings. The second-order valence-electron chi connectivity index (χ2n) is 9.35. The van der Waals surface area contributed by atoms with Crippen molar-refractivity contribution in [1.82, 2.24) is 20.4 Å². The van der Waals surface area contributed by atoms with E-state index in [0.717, 1.165) is 80.6 Å². The zero-order valence-corrected chi connectivity index (χ0v) is 24.6. The van der Waals surface area contributed by atoms with Gasteiger partial charge in [0.05, 0.1) is 0 Å². The number of benzene rings is 2. The van der Waals surface area contributed by atoms with E-state index in [1.54, 1.807) is 0 Å². The van der Waals surface area contributed by atoms with Crippen LogP contribution < -0.4 is 10.6 Å². The Bertz CT molecular complexity index is 703. The molecular formula is C29H49IN4O2. The fraction of sp³-hybridized carbons (Fsp3) is 0.586. The molecule has 4 N–H and O–H groups in total. The van der Waals surface area contributed by atoms with Crippen LogP contribution in [0.4, 0.5) is 0 Å². The molecule has 0 bridgehead atoms. The predicted octanol–water partition coefficient (Wildman–Crippen LogP) is 4.11. The average molecular weight is 613 g/mol. The summed E-state index contributed by atoms with van der Waals surface area (Å²) in [5.41, 5.74) is 2.60. The molecule has 2 rings (SSSR count). The first kappa shape index (κ1) is 31.1. The third-order valence-electron chi connectivity index (χ3n) is 6.12. The summed E-state index contributed by atoms with van der Waals surface area (Å²) < 4.78 is 12.5. The van der Waals surface area contributed by atoms with Gasteiger partial charge in [-0.1, -0.05) is 6.92 Å². The van der Waals surface area contributed by atoms with Crippen molar-refractivity contribution >= 4 is 20.2 Å². The Labute approximate surface area is 227 Å². The number of alkyl halides is 2. The number of aliphatic hydroxyl groups excluding tert-OH is 1. The number of hydrogen-bond donors (Lipinski definition) is 4. The van der Waals surface area contributed by atoms with Crippen LogP contribution in [0.5, 0.6) is 0 Å². The molecule has 0 radical (unpaired) electrons. The summed E-state index contributed by atoms with van der Waals surface area (Å²) >= 11 is -1.96. The van der Waals surface area contributed by atoms with E-state index in [1.807, 2.05) is 0 Å². The maximum atomic E-state index is 10.8. The van der Waals surface area contributed by atoms with Crippen LogP contribution in [0.3, 0.4) is 0 Å². The first-order valence-electron chi connectivity index (χ1n) is 13.5. The van der Waals surface area contributed by atoms with Crippen molar-refractivity contribution in [3.8, 4) is 0 Å². The predicted molar refractivity (Wildman–Crippen MR) is 161 cm³/mol. The third kappa shape index (κ3) is 14.6. The van der Waals surface area contributed by atoms with E-state index in [4.69, 9.17) is 0 Å². The number of aliphatic hydroxyl groups is 1. The second-order valence-corrected chi connectivity index (χ2v) is 13.6. The van der Waals surface area contributed by atoms with Crippen molar-refractivity contribution in [1.29, 1.82) is 0 Å². The Hall–Kier alpha value is -1.07. The molecule has 0 aliphatic carbocycles. The summed E-state index contributed by atoms with van der Waals surface area (Å²) in [7, 11) is 0. The molecule has 2 aromatic carbocycles. The number of rotatable bonds is 21. The summed E-state index contributed by atoms with van der Waals surface area (Å²) in [4.78, 5) is 4.85. The number of unbranched alkanes of at least 4 members (excludes halogenated alkanes) is 1. The van der Waals surface area contributed by atoms with Crippen LogP contribution in [0.25, 0.3) is 0 Å². The van der Waals surface area contributed by atoms with E-state index in [0.29, 0.717) is 6.54 Å². The topological polar surface area (TPSA) is 71.0 Å². The van der Waals surface area contributed by atoms with Crippen molar-refractivity contribution in [3.63, 3.8) is 0 Å². The first-order chi connectivity index (χ1) is 17.6. The van der Waals surface area contributed by atoms with Gasteiger partial charge < -0.3 is 0 Å². The van der Waals surface area contributed by atoms with Crippen molar-refractivity contribution < 1.29 is 8.54 Å². The molecule has 0 aromatic heterocycles. The molecule has 0 saturated heterocycles. The van der Waals surface area contributed by atoms with Gasteiger partial charge >= 0.3 is 215 Å². The van der Waals surface area contributed by atoms with Crippen LogP contribution in [0.15, 0.2) is 60.7 Å². The summed E-state index contributed by atoms with van der Waals surface area (Å²) in [6.45, 7) is 12.3. The normalized spacial score (nSPS) is 12.9. The average Bonchev–Trinajstić information content (AvgIpc) is 2.88. The summed E-state index contributed by atoms with van der Waals surface area (Å²) in [5.74, 6) is 0. The van der Waals surface area contributed by atoms with Crippen LogP contribution in [0.2, 0.25) is 0 Å². The van der Waals surface area contributed by atoms with Crippen LogP contribution in [0, 0.1) is 0 Å². The van der Waals surface area contributed by atoms with Gasteiger partial charge in [-0.25, -0.2) is 0 Å². The van der Waals surface area contributed by atoms with E-state index in [2.05, 4.69) is 94.9 Å². The fourth-order valence-electron chi connectivity index (χ4n) is 4.21. The second kappa shape index (κ2) is 20.0. The van der Waals surface area contributed by atoms with Gasteiger partial charge in [-0.3, -0.25) is 0 Å². The molecule has 0 amide bonds. The van der Waals surface area contributed by atoms with Gasteiger partial charge in [0.1, 0.15) is 0 Å². The van der Waals surface area contributed by atoms with Gasteiger partial charge in [-0.2, -0.15) is 0 Å². The van der Waals surface area contributed by atoms with Gasteiger partial charge in [0, 0.05) is 0 Å². The fourth-order valence-corrected chi connectivity index (χ4v) is 7.25. The monoisotopic (exact) mass is 612 g/mol. The number of hydrogen-bond acceptors (Lipinski definition) is 6. The molecule has 0 saturated carbocycles. The Kier molecular flexibility index (Phi) is 17.3. The van der Waals surface area contributed by atoms with Gasteiger partial charge in [-0.05, 0) is 6.54 Å². The Morgan fingerprint density at radius 3 is 1.89 bits per heavy atom. The van der Waals surface area contributed by atoms with Crippen molar-refractivity contribution in [2.75, 3.05) is 54.8 Å². The number of halogens is 1. The first-order valence-corrected chi connectivity index (χ1v) is 17.5. The van der Waals surface area contributed by atoms with Crippen molar-refractivity contribution in [3.05, 3.63) is 71.8 Å². The molecule has 2 aromatic rings. The summed E-state index contributed by atoms with van der Waals surface area (Å²) in [6.07, 6.45) is 2.62. The van der Waals surface area contributed by atoms with Crippen molar-refractivity contribution in [2.45, 2.75) is 52.3 Å². The van der Waals surface area contributed by atoms with E-state index < -0.39 is 20.2 Å². The molecule has 1 atom stereocenters. The standard InChI is InChI=1S/C29H49IN4O2/c1-3-31-19-17-29(35)25-33(23-27-13-7-5-8-14-27)21-11-12-22-34(24-28-15-9-6-10-16-28)26-30(36)18-20-32-4-2/h5-10,13-16,29,31-32,35-36H,3-4,11-12,17-26H2,1-2H3/t29-/m0/s1. The van der Waals surface area contributed by atoms with E-state index in [9.17, 15) is 8.54 Å². The van der Waals surface area contributed by atoms with Gasteiger partial charge in [-0.15, -0.1) is 0 Å². The minimum absolute atomic E-state index is 0.319. The molecule has 6 nitrogen and oxygen atoms in total. The van der Waals surface area contributed by atoms with Gasteiger partial charge in [0.2, 0.25) is 0 Å². The Morgan fingerprint density at radius 1 is 0.778 bits per heavy atom. The van der Waals surface area contributed by atoms with E-state index in [-0.39, 0.29) is 6.10 Å². The van der Waals surface area contributed by atoms with Crippen LogP contribution in [-0.4, -0.2) is 79.2 Å². The SMILES string of the molecule is CCNCC[C@H](O)CN(CCCCN(Cc1ccccc1)CI(O)CCNCC)Cc1ccccc1. The van der Waals surface area contributed by atoms with E-state index >= 15 is 0 Å².